The lowest BCUT2D eigenvalue weighted by Crippen LogP contribution is -2.50. The second-order valence-electron chi connectivity index (χ2n) is 9.75. The number of benzene rings is 1. The number of rotatable bonds is 6. The first-order valence-electron chi connectivity index (χ1n) is 12.6. The molecule has 3 N–H and O–H groups in total. The summed E-state index contributed by atoms with van der Waals surface area (Å²) < 4.78 is 20.8. The number of anilines is 3. The van der Waals surface area contributed by atoms with Gasteiger partial charge in [0.25, 0.3) is 5.78 Å². The molecule has 4 aromatic rings. The third-order valence-electron chi connectivity index (χ3n) is 7.15. The molecule has 5 heterocycles. The summed E-state index contributed by atoms with van der Waals surface area (Å²) in [7, 11) is 0. The monoisotopic (exact) mass is 521 g/mol. The highest BCUT2D eigenvalue weighted by molar-refractivity contribution is 5.88. The minimum absolute atomic E-state index is 0.0333. The molecule has 38 heavy (non-hydrogen) atoms. The van der Waals surface area contributed by atoms with E-state index < -0.39 is 11.8 Å². The molecule has 0 radical (unpaired) electrons. The maximum Gasteiger partial charge on any atom is 0.335 e. The highest BCUT2D eigenvalue weighted by Gasteiger charge is 2.27. The van der Waals surface area contributed by atoms with Crippen molar-refractivity contribution in [3.63, 3.8) is 0 Å². The lowest BCUT2D eigenvalue weighted by atomic mass is 9.97. The van der Waals surface area contributed by atoms with Crippen molar-refractivity contribution >= 4 is 29.3 Å². The van der Waals surface area contributed by atoms with Gasteiger partial charge in [0.15, 0.2) is 5.76 Å². The Morgan fingerprint density at radius 1 is 1.11 bits per heavy atom. The summed E-state index contributed by atoms with van der Waals surface area (Å²) in [5.41, 5.74) is 6.77. The number of carboxylic acid groups (broad SMARTS) is 1. The van der Waals surface area contributed by atoms with Crippen LogP contribution in [-0.2, 0) is 0 Å². The molecule has 198 valence electrons. The molecule has 0 aliphatic carbocycles. The van der Waals surface area contributed by atoms with Crippen molar-refractivity contribution in [2.24, 2.45) is 5.92 Å². The Balaban J connectivity index is 1.09. The van der Waals surface area contributed by atoms with Crippen molar-refractivity contribution in [1.29, 1.82) is 0 Å². The van der Waals surface area contributed by atoms with E-state index in [1.165, 1.54) is 16.6 Å². The first-order valence-corrected chi connectivity index (χ1v) is 12.6. The first kappa shape index (κ1) is 24.1. The number of furan rings is 1. The molecule has 2 aliphatic rings. The molecule has 6 rings (SSSR count). The van der Waals surface area contributed by atoms with Crippen LogP contribution in [0.3, 0.4) is 0 Å². The van der Waals surface area contributed by atoms with Crippen LogP contribution in [0.5, 0.6) is 0 Å². The quantitative estimate of drug-likeness (QED) is 0.386. The number of nitrogen functional groups attached to an aromatic ring is 1. The third kappa shape index (κ3) is 4.84. The number of hydrogen-bond acceptors (Lipinski definition) is 10. The van der Waals surface area contributed by atoms with Crippen molar-refractivity contribution in [1.82, 2.24) is 29.5 Å². The number of carboxylic acids is 1. The predicted octanol–water partition coefficient (Wildman–Crippen LogP) is 2.24. The van der Waals surface area contributed by atoms with E-state index in [9.17, 15) is 14.3 Å². The Hall–Kier alpha value is -4.26. The van der Waals surface area contributed by atoms with Gasteiger partial charge < -0.3 is 25.1 Å². The zero-order valence-electron chi connectivity index (χ0n) is 20.7. The fraction of sp³-hybridized carbons (Fsp3) is 0.400. The van der Waals surface area contributed by atoms with Crippen LogP contribution in [0.15, 0.2) is 41.0 Å². The van der Waals surface area contributed by atoms with Crippen LogP contribution in [0.4, 0.5) is 22.0 Å². The first-order chi connectivity index (χ1) is 18.4. The molecule has 2 saturated heterocycles. The van der Waals surface area contributed by atoms with Crippen LogP contribution in [0.25, 0.3) is 17.4 Å². The van der Waals surface area contributed by atoms with E-state index >= 15 is 0 Å². The van der Waals surface area contributed by atoms with Crippen LogP contribution >= 0.6 is 0 Å². The van der Waals surface area contributed by atoms with Gasteiger partial charge in [0, 0.05) is 51.5 Å². The number of aromatic nitrogens is 5. The molecule has 3 aromatic heterocycles. The number of nitrogens with two attached hydrogens (primary N) is 1. The van der Waals surface area contributed by atoms with Crippen LogP contribution in [0, 0.1) is 11.7 Å². The van der Waals surface area contributed by atoms with Crippen molar-refractivity contribution in [2.45, 2.75) is 12.8 Å². The van der Waals surface area contributed by atoms with Crippen molar-refractivity contribution in [3.05, 3.63) is 48.0 Å². The average Bonchev–Trinajstić information content (AvgIpc) is 3.59. The molecule has 1 aromatic carbocycles. The smallest absolute Gasteiger partial charge is 0.335 e. The lowest BCUT2D eigenvalue weighted by Gasteiger charge is -2.40. The summed E-state index contributed by atoms with van der Waals surface area (Å²) in [5, 5.41) is 13.6. The van der Waals surface area contributed by atoms with Crippen LogP contribution in [0.1, 0.15) is 23.2 Å². The van der Waals surface area contributed by atoms with E-state index in [1.54, 1.807) is 18.4 Å². The fourth-order valence-electron chi connectivity index (χ4n) is 5.28. The maximum atomic E-state index is 13.9. The number of carbonyl (C=O) groups is 1. The van der Waals surface area contributed by atoms with Gasteiger partial charge in [0.1, 0.15) is 5.82 Å². The highest BCUT2D eigenvalue weighted by Crippen LogP contribution is 2.25. The molecular weight excluding hydrogens is 493 g/mol. The fourth-order valence-corrected chi connectivity index (χ4v) is 5.28. The van der Waals surface area contributed by atoms with E-state index in [4.69, 9.17) is 10.2 Å². The number of nitrogens with zero attached hydrogens (tertiary/aromatic N) is 8. The van der Waals surface area contributed by atoms with Gasteiger partial charge >= 0.3 is 5.97 Å². The van der Waals surface area contributed by atoms with Gasteiger partial charge in [-0.3, -0.25) is 4.90 Å². The number of fused-ring (bicyclic) bond motifs is 1. The number of hydrogen-bond donors (Lipinski definition) is 2. The molecule has 0 amide bonds. The predicted molar refractivity (Wildman–Crippen MR) is 138 cm³/mol. The maximum absolute atomic E-state index is 13.9. The number of halogens is 1. The Kier molecular flexibility index (Phi) is 6.27. The Morgan fingerprint density at radius 3 is 2.71 bits per heavy atom. The van der Waals surface area contributed by atoms with E-state index in [1.807, 2.05) is 4.90 Å². The Labute approximate surface area is 217 Å². The largest absolute Gasteiger partial charge is 0.478 e. The molecule has 13 heteroatoms. The molecule has 1 atom stereocenters. The number of piperidine rings is 1. The number of piperazine rings is 1. The minimum atomic E-state index is -1.13. The second-order valence-corrected chi connectivity index (χ2v) is 9.75. The minimum Gasteiger partial charge on any atom is -0.478 e. The molecule has 2 fully saturated rings. The summed E-state index contributed by atoms with van der Waals surface area (Å²) in [5.74, 6) is 0.851. The van der Waals surface area contributed by atoms with E-state index in [2.05, 4.69) is 29.9 Å². The van der Waals surface area contributed by atoms with Crippen molar-refractivity contribution in [3.8, 4) is 11.6 Å². The van der Waals surface area contributed by atoms with Gasteiger partial charge in [0.2, 0.25) is 17.7 Å². The summed E-state index contributed by atoms with van der Waals surface area (Å²) in [6, 6.07) is 7.53. The summed E-state index contributed by atoms with van der Waals surface area (Å²) in [6.07, 6.45) is 3.68. The molecule has 0 spiro atoms. The summed E-state index contributed by atoms with van der Waals surface area (Å²) in [6.45, 7) is 5.63. The van der Waals surface area contributed by atoms with Crippen molar-refractivity contribution < 1.29 is 18.7 Å². The van der Waals surface area contributed by atoms with Gasteiger partial charge in [-0.05, 0) is 49.1 Å². The molecule has 0 unspecified atom stereocenters. The molecule has 0 saturated carbocycles. The summed E-state index contributed by atoms with van der Waals surface area (Å²) in [4.78, 5) is 31.5. The van der Waals surface area contributed by atoms with E-state index in [0.717, 1.165) is 51.6 Å². The van der Waals surface area contributed by atoms with Crippen LogP contribution in [0.2, 0.25) is 0 Å². The highest BCUT2D eigenvalue weighted by atomic mass is 19.1. The Bertz CT molecular complexity index is 1450. The summed E-state index contributed by atoms with van der Waals surface area (Å²) >= 11 is 0. The van der Waals surface area contributed by atoms with Gasteiger partial charge in [-0.1, -0.05) is 0 Å². The molecule has 0 bridgehead atoms. The SMILES string of the molecule is Nc1nc(N2CCC[C@@H](CN3CCN(c4cc(F)cc(C(=O)O)c4)CC3)C2)nc2nc(-c3ccco3)nn12. The van der Waals surface area contributed by atoms with Gasteiger partial charge in [0.05, 0.1) is 11.8 Å². The topological polar surface area (TPSA) is 142 Å². The second kappa shape index (κ2) is 9.89. The number of aromatic carboxylic acids is 1. The van der Waals surface area contributed by atoms with Crippen molar-refractivity contribution in [2.75, 3.05) is 61.3 Å². The average molecular weight is 522 g/mol. The van der Waals surface area contributed by atoms with Gasteiger partial charge in [-0.2, -0.15) is 19.5 Å². The van der Waals surface area contributed by atoms with E-state index in [-0.39, 0.29) is 11.5 Å². The van der Waals surface area contributed by atoms with Gasteiger partial charge in [-0.15, -0.1) is 5.10 Å². The molecular formula is C25H28FN9O3. The van der Waals surface area contributed by atoms with Gasteiger partial charge in [-0.25, -0.2) is 9.18 Å². The van der Waals surface area contributed by atoms with Crippen LogP contribution in [-0.4, -0.2) is 86.4 Å². The third-order valence-corrected chi connectivity index (χ3v) is 7.15. The Morgan fingerprint density at radius 2 is 1.95 bits per heavy atom. The standard InChI is InChI=1S/C25H28FN9O3/c26-18-11-17(22(36)37)12-19(13-18)33-8-6-32(7-9-33)14-16-3-1-5-34(15-16)24-29-23(27)35-25(30-24)28-21(31-35)20-4-2-10-38-20/h2,4,10-13,16H,1,3,5-9,14-15H2,(H,36,37)(H2,27,28,29,30,31)/t16-/m0/s1. The van der Waals surface area contributed by atoms with E-state index in [0.29, 0.717) is 48.0 Å². The van der Waals surface area contributed by atoms with Crippen LogP contribution < -0.4 is 15.5 Å². The lowest BCUT2D eigenvalue weighted by molar-refractivity contribution is 0.0696. The zero-order valence-corrected chi connectivity index (χ0v) is 20.7. The molecule has 2 aliphatic heterocycles. The normalized spacial score (nSPS) is 18.8. The molecule has 12 nitrogen and oxygen atoms in total. The zero-order chi connectivity index (χ0) is 26.2.